The van der Waals surface area contributed by atoms with Gasteiger partial charge in [0.05, 0.1) is 6.54 Å². The minimum absolute atomic E-state index is 0.536. The van der Waals surface area contributed by atoms with Crippen LogP contribution in [0.15, 0.2) is 34.9 Å². The molecule has 5 heteroatoms. The molecule has 0 saturated heterocycles. The Kier molecular flexibility index (Phi) is 3.59. The van der Waals surface area contributed by atoms with Crippen molar-refractivity contribution < 1.29 is 4.52 Å². The lowest BCUT2D eigenvalue weighted by Crippen LogP contribution is -2.17. The van der Waals surface area contributed by atoms with E-state index in [0.29, 0.717) is 18.4 Å². The van der Waals surface area contributed by atoms with Gasteiger partial charge in [0.15, 0.2) is 0 Å². The topological polar surface area (TPSA) is 54.2 Å². The zero-order valence-electron chi connectivity index (χ0n) is 10.1. The molecule has 0 saturated carbocycles. The third-order valence-corrected chi connectivity index (χ3v) is 2.49. The van der Waals surface area contributed by atoms with E-state index < -0.39 is 0 Å². The van der Waals surface area contributed by atoms with Crippen molar-refractivity contribution in [3.05, 3.63) is 36.2 Å². The molecule has 2 rings (SSSR count). The van der Waals surface area contributed by atoms with Gasteiger partial charge in [-0.25, -0.2) is 0 Å². The van der Waals surface area contributed by atoms with E-state index in [0.717, 1.165) is 12.2 Å². The van der Waals surface area contributed by atoms with Crippen molar-refractivity contribution in [3.63, 3.8) is 0 Å². The Labute approximate surface area is 100 Å². The predicted molar refractivity (Wildman–Crippen MR) is 67.0 cm³/mol. The Hall–Kier alpha value is -2.04. The van der Waals surface area contributed by atoms with Crippen LogP contribution in [-0.4, -0.2) is 23.7 Å². The quantitative estimate of drug-likeness (QED) is 0.856. The van der Waals surface area contributed by atoms with Gasteiger partial charge in [-0.15, -0.1) is 0 Å². The molecule has 0 amide bonds. The molecule has 1 aromatic carbocycles. The number of anilines is 2. The molecule has 0 aliphatic carbocycles. The molecule has 17 heavy (non-hydrogen) atoms. The number of nitrogens with zero attached hydrogens (tertiary/aromatic N) is 3. The van der Waals surface area contributed by atoms with Crippen molar-refractivity contribution in [2.45, 2.75) is 13.5 Å². The van der Waals surface area contributed by atoms with E-state index in [1.807, 2.05) is 49.2 Å². The van der Waals surface area contributed by atoms with Gasteiger partial charge in [-0.1, -0.05) is 18.2 Å². The van der Waals surface area contributed by atoms with E-state index in [1.54, 1.807) is 0 Å². The highest BCUT2D eigenvalue weighted by atomic mass is 16.5. The summed E-state index contributed by atoms with van der Waals surface area (Å²) in [5.74, 6) is 1.21. The highest BCUT2D eigenvalue weighted by Crippen LogP contribution is 2.10. The van der Waals surface area contributed by atoms with Crippen LogP contribution >= 0.6 is 0 Å². The second-order valence-corrected chi connectivity index (χ2v) is 3.72. The molecule has 90 valence electrons. The van der Waals surface area contributed by atoms with Crippen molar-refractivity contribution in [2.24, 2.45) is 0 Å². The normalized spacial score (nSPS) is 10.2. The maximum Gasteiger partial charge on any atom is 0.265 e. The Bertz CT molecular complexity index is 455. The number of benzene rings is 1. The average molecular weight is 232 g/mol. The first-order valence-corrected chi connectivity index (χ1v) is 5.62. The van der Waals surface area contributed by atoms with Gasteiger partial charge in [0.1, 0.15) is 0 Å². The molecule has 0 aliphatic rings. The largest absolute Gasteiger partial charge is 0.376 e. The van der Waals surface area contributed by atoms with Gasteiger partial charge < -0.3 is 14.7 Å². The molecule has 2 aromatic rings. The van der Waals surface area contributed by atoms with Crippen LogP contribution in [0.3, 0.4) is 0 Å². The number of hydrogen-bond acceptors (Lipinski definition) is 5. The van der Waals surface area contributed by atoms with E-state index in [-0.39, 0.29) is 0 Å². The summed E-state index contributed by atoms with van der Waals surface area (Å²) < 4.78 is 5.14. The fourth-order valence-corrected chi connectivity index (χ4v) is 1.35. The number of rotatable bonds is 5. The monoisotopic (exact) mass is 232 g/mol. The molecular weight excluding hydrogens is 216 g/mol. The molecule has 0 fully saturated rings. The first kappa shape index (κ1) is 11.4. The van der Waals surface area contributed by atoms with Crippen LogP contribution in [0.2, 0.25) is 0 Å². The molecule has 0 atom stereocenters. The summed E-state index contributed by atoms with van der Waals surface area (Å²) in [6.45, 7) is 3.43. The van der Waals surface area contributed by atoms with Crippen LogP contribution in [-0.2, 0) is 6.54 Å². The second kappa shape index (κ2) is 5.34. The van der Waals surface area contributed by atoms with E-state index in [4.69, 9.17) is 4.52 Å². The van der Waals surface area contributed by atoms with Crippen molar-refractivity contribution in [2.75, 3.05) is 23.8 Å². The standard InChI is InChI=1S/C12H16N4O/c1-3-16(2)12-14-11(17-15-12)9-13-10-7-5-4-6-8-10/h4-8,13H,3,9H2,1-2H3. The first-order chi connectivity index (χ1) is 8.29. The molecule has 1 aromatic heterocycles. The maximum absolute atomic E-state index is 5.14. The van der Waals surface area contributed by atoms with Crippen LogP contribution in [0.25, 0.3) is 0 Å². The van der Waals surface area contributed by atoms with Gasteiger partial charge in [-0.3, -0.25) is 0 Å². The summed E-state index contributed by atoms with van der Waals surface area (Å²) in [5, 5.41) is 7.12. The first-order valence-electron chi connectivity index (χ1n) is 5.62. The van der Waals surface area contributed by atoms with Crippen LogP contribution < -0.4 is 10.2 Å². The third-order valence-electron chi connectivity index (χ3n) is 2.49. The second-order valence-electron chi connectivity index (χ2n) is 3.72. The summed E-state index contributed by atoms with van der Waals surface area (Å²) >= 11 is 0. The highest BCUT2D eigenvalue weighted by Gasteiger charge is 2.08. The van der Waals surface area contributed by atoms with Gasteiger partial charge in [-0.2, -0.15) is 4.98 Å². The van der Waals surface area contributed by atoms with Gasteiger partial charge in [0.2, 0.25) is 5.89 Å². The van der Waals surface area contributed by atoms with Crippen LogP contribution in [0, 0.1) is 0 Å². The summed E-state index contributed by atoms with van der Waals surface area (Å²) in [4.78, 5) is 6.21. The zero-order valence-corrected chi connectivity index (χ0v) is 10.1. The number of aromatic nitrogens is 2. The Morgan fingerprint density at radius 3 is 2.76 bits per heavy atom. The van der Waals surface area contributed by atoms with Crippen LogP contribution in [0.4, 0.5) is 11.6 Å². The lowest BCUT2D eigenvalue weighted by Gasteiger charge is -2.08. The summed E-state index contributed by atoms with van der Waals surface area (Å²) in [6.07, 6.45) is 0. The number of para-hydroxylation sites is 1. The number of hydrogen-bond donors (Lipinski definition) is 1. The van der Waals surface area contributed by atoms with Crippen molar-refractivity contribution in [1.29, 1.82) is 0 Å². The van der Waals surface area contributed by atoms with Crippen molar-refractivity contribution >= 4 is 11.6 Å². The molecule has 1 heterocycles. The fourth-order valence-electron chi connectivity index (χ4n) is 1.35. The lowest BCUT2D eigenvalue weighted by molar-refractivity contribution is 0.383. The van der Waals surface area contributed by atoms with E-state index in [2.05, 4.69) is 15.5 Å². The van der Waals surface area contributed by atoms with Gasteiger partial charge >= 0.3 is 0 Å². The number of nitrogens with one attached hydrogen (secondary N) is 1. The zero-order chi connectivity index (χ0) is 12.1. The Balaban J connectivity index is 1.94. The summed E-state index contributed by atoms with van der Waals surface area (Å²) in [7, 11) is 1.93. The van der Waals surface area contributed by atoms with Gasteiger partial charge in [0.25, 0.3) is 5.95 Å². The molecule has 0 radical (unpaired) electrons. The molecule has 0 bridgehead atoms. The van der Waals surface area contributed by atoms with Crippen LogP contribution in [0.5, 0.6) is 0 Å². The Morgan fingerprint density at radius 2 is 2.06 bits per heavy atom. The Morgan fingerprint density at radius 1 is 1.29 bits per heavy atom. The van der Waals surface area contributed by atoms with Crippen molar-refractivity contribution in [3.8, 4) is 0 Å². The predicted octanol–water partition coefficient (Wildman–Crippen LogP) is 2.14. The smallest absolute Gasteiger partial charge is 0.265 e. The summed E-state index contributed by atoms with van der Waals surface area (Å²) in [6, 6.07) is 9.93. The minimum Gasteiger partial charge on any atom is -0.376 e. The fraction of sp³-hybridized carbons (Fsp3) is 0.333. The third kappa shape index (κ3) is 2.96. The highest BCUT2D eigenvalue weighted by molar-refractivity contribution is 5.42. The maximum atomic E-state index is 5.14. The van der Waals surface area contributed by atoms with Gasteiger partial charge in [0, 0.05) is 19.3 Å². The lowest BCUT2D eigenvalue weighted by atomic mass is 10.3. The molecule has 0 spiro atoms. The SMILES string of the molecule is CCN(C)c1noc(CNc2ccccc2)n1. The minimum atomic E-state index is 0.536. The van der Waals surface area contributed by atoms with Gasteiger partial charge in [-0.05, 0) is 24.2 Å². The summed E-state index contributed by atoms with van der Waals surface area (Å²) in [5.41, 5.74) is 1.04. The molecule has 0 aliphatic heterocycles. The van der Waals surface area contributed by atoms with Crippen LogP contribution in [0.1, 0.15) is 12.8 Å². The molecular formula is C12H16N4O. The molecule has 5 nitrogen and oxygen atoms in total. The molecule has 0 unspecified atom stereocenters. The van der Waals surface area contributed by atoms with Crippen molar-refractivity contribution in [1.82, 2.24) is 10.1 Å². The van der Waals surface area contributed by atoms with E-state index in [1.165, 1.54) is 0 Å². The molecule has 1 N–H and O–H groups in total. The average Bonchev–Trinajstić information content (AvgIpc) is 2.85. The van der Waals surface area contributed by atoms with E-state index in [9.17, 15) is 0 Å². The van der Waals surface area contributed by atoms with E-state index >= 15 is 0 Å².